The lowest BCUT2D eigenvalue weighted by molar-refractivity contribution is -0.121. The molecule has 0 aliphatic heterocycles. The molecule has 2 rings (SSSR count). The van der Waals surface area contributed by atoms with Crippen molar-refractivity contribution in [3.8, 4) is 5.75 Å². The van der Waals surface area contributed by atoms with E-state index in [2.05, 4.69) is 10.6 Å². The fourth-order valence-corrected chi connectivity index (χ4v) is 2.08. The average Bonchev–Trinajstić information content (AvgIpc) is 2.50. The SMILES string of the molecule is Cc1ccc(C)c(NC(=S)NC(=O)COc2ccccc2)c1. The fraction of sp³-hybridized carbons (Fsp3) is 0.176. The second-order valence-electron chi connectivity index (χ2n) is 4.92. The van der Waals surface area contributed by atoms with Gasteiger partial charge in [-0.25, -0.2) is 0 Å². The van der Waals surface area contributed by atoms with Crippen molar-refractivity contribution < 1.29 is 9.53 Å². The van der Waals surface area contributed by atoms with E-state index in [0.29, 0.717) is 5.75 Å². The van der Waals surface area contributed by atoms with Crippen LogP contribution >= 0.6 is 12.2 Å². The number of carbonyl (C=O) groups is 1. The van der Waals surface area contributed by atoms with Crippen molar-refractivity contribution in [3.63, 3.8) is 0 Å². The highest BCUT2D eigenvalue weighted by Gasteiger charge is 2.07. The van der Waals surface area contributed by atoms with Crippen molar-refractivity contribution in [1.82, 2.24) is 5.32 Å². The van der Waals surface area contributed by atoms with E-state index in [1.807, 2.05) is 50.2 Å². The van der Waals surface area contributed by atoms with Crippen LogP contribution < -0.4 is 15.4 Å². The van der Waals surface area contributed by atoms with E-state index in [1.54, 1.807) is 12.1 Å². The van der Waals surface area contributed by atoms with E-state index in [-0.39, 0.29) is 17.6 Å². The molecular formula is C17H18N2O2S. The van der Waals surface area contributed by atoms with Crippen LogP contribution in [-0.4, -0.2) is 17.6 Å². The van der Waals surface area contributed by atoms with E-state index in [4.69, 9.17) is 17.0 Å². The molecule has 0 radical (unpaired) electrons. The molecule has 0 atom stereocenters. The van der Waals surface area contributed by atoms with Crippen LogP contribution in [0.5, 0.6) is 5.75 Å². The fourth-order valence-electron chi connectivity index (χ4n) is 1.85. The van der Waals surface area contributed by atoms with Crippen molar-refractivity contribution in [3.05, 3.63) is 59.7 Å². The molecule has 0 saturated heterocycles. The Labute approximate surface area is 135 Å². The molecule has 0 aromatic heterocycles. The van der Waals surface area contributed by atoms with Gasteiger partial charge in [-0.2, -0.15) is 0 Å². The summed E-state index contributed by atoms with van der Waals surface area (Å²) in [6.07, 6.45) is 0. The number of ether oxygens (including phenoxy) is 1. The summed E-state index contributed by atoms with van der Waals surface area (Å²) < 4.78 is 5.36. The normalized spacial score (nSPS) is 9.91. The summed E-state index contributed by atoms with van der Waals surface area (Å²) in [7, 11) is 0. The molecule has 0 unspecified atom stereocenters. The minimum atomic E-state index is -0.299. The second kappa shape index (κ2) is 7.56. The summed E-state index contributed by atoms with van der Waals surface area (Å²) in [5.41, 5.74) is 3.06. The Hall–Kier alpha value is -2.40. The van der Waals surface area contributed by atoms with Crippen LogP contribution in [0.25, 0.3) is 0 Å². The monoisotopic (exact) mass is 314 g/mol. The number of aryl methyl sites for hydroxylation is 2. The number of benzene rings is 2. The van der Waals surface area contributed by atoms with E-state index >= 15 is 0 Å². The summed E-state index contributed by atoms with van der Waals surface area (Å²) in [6.45, 7) is 3.89. The Morgan fingerprint density at radius 3 is 2.59 bits per heavy atom. The number of carbonyl (C=O) groups excluding carboxylic acids is 1. The lowest BCUT2D eigenvalue weighted by Gasteiger charge is -2.12. The zero-order valence-corrected chi connectivity index (χ0v) is 13.4. The number of para-hydroxylation sites is 1. The van der Waals surface area contributed by atoms with Crippen LogP contribution in [0, 0.1) is 13.8 Å². The van der Waals surface area contributed by atoms with E-state index in [1.165, 1.54) is 0 Å². The molecule has 2 N–H and O–H groups in total. The van der Waals surface area contributed by atoms with Crippen LogP contribution in [0.15, 0.2) is 48.5 Å². The molecule has 1 amide bonds. The van der Waals surface area contributed by atoms with E-state index in [9.17, 15) is 4.79 Å². The van der Waals surface area contributed by atoms with Gasteiger partial charge in [0.2, 0.25) is 0 Å². The first-order chi connectivity index (χ1) is 10.5. The van der Waals surface area contributed by atoms with Crippen molar-refractivity contribution in [2.45, 2.75) is 13.8 Å². The molecule has 0 heterocycles. The predicted octanol–water partition coefficient (Wildman–Crippen LogP) is 3.20. The Morgan fingerprint density at radius 2 is 1.86 bits per heavy atom. The van der Waals surface area contributed by atoms with Gasteiger partial charge in [0.25, 0.3) is 5.91 Å². The van der Waals surface area contributed by atoms with Crippen LogP contribution in [0.1, 0.15) is 11.1 Å². The van der Waals surface area contributed by atoms with Crippen molar-refractivity contribution in [1.29, 1.82) is 0 Å². The highest BCUT2D eigenvalue weighted by atomic mass is 32.1. The van der Waals surface area contributed by atoms with Gasteiger partial charge in [-0.3, -0.25) is 10.1 Å². The van der Waals surface area contributed by atoms with Crippen molar-refractivity contribution in [2.75, 3.05) is 11.9 Å². The van der Waals surface area contributed by atoms with Gasteiger partial charge < -0.3 is 10.1 Å². The summed E-state index contributed by atoms with van der Waals surface area (Å²) >= 11 is 5.15. The summed E-state index contributed by atoms with van der Waals surface area (Å²) in [6, 6.07) is 15.2. The molecular weight excluding hydrogens is 296 g/mol. The molecule has 4 nitrogen and oxygen atoms in total. The number of nitrogens with one attached hydrogen (secondary N) is 2. The average molecular weight is 314 g/mol. The molecule has 2 aromatic carbocycles. The summed E-state index contributed by atoms with van der Waals surface area (Å²) in [4.78, 5) is 11.8. The Bertz CT molecular complexity index is 672. The number of rotatable bonds is 4. The molecule has 0 aliphatic carbocycles. The Morgan fingerprint density at radius 1 is 1.14 bits per heavy atom. The molecule has 0 aliphatic rings. The van der Waals surface area contributed by atoms with Gasteiger partial charge in [-0.05, 0) is 55.4 Å². The smallest absolute Gasteiger partial charge is 0.264 e. The zero-order chi connectivity index (χ0) is 15.9. The number of anilines is 1. The van der Waals surface area contributed by atoms with Crippen molar-refractivity contribution in [2.24, 2.45) is 0 Å². The van der Waals surface area contributed by atoms with Crippen LogP contribution in [0.2, 0.25) is 0 Å². The second-order valence-corrected chi connectivity index (χ2v) is 5.33. The topological polar surface area (TPSA) is 50.4 Å². The Balaban J connectivity index is 1.84. The lowest BCUT2D eigenvalue weighted by Crippen LogP contribution is -2.37. The highest BCUT2D eigenvalue weighted by Crippen LogP contribution is 2.16. The maximum Gasteiger partial charge on any atom is 0.264 e. The third-order valence-corrected chi connectivity index (χ3v) is 3.21. The van der Waals surface area contributed by atoms with E-state index < -0.39 is 0 Å². The largest absolute Gasteiger partial charge is 0.484 e. The standard InChI is InChI=1S/C17H18N2O2S/c1-12-8-9-13(2)15(10-12)18-17(22)19-16(20)11-21-14-6-4-3-5-7-14/h3-10H,11H2,1-2H3,(H2,18,19,20,22). The molecule has 114 valence electrons. The Kier molecular flexibility index (Phi) is 5.49. The first-order valence-electron chi connectivity index (χ1n) is 6.90. The molecule has 0 fully saturated rings. The first-order valence-corrected chi connectivity index (χ1v) is 7.31. The van der Waals surface area contributed by atoms with Gasteiger partial charge in [0.1, 0.15) is 5.75 Å². The molecule has 2 aromatic rings. The summed E-state index contributed by atoms with van der Waals surface area (Å²) in [5, 5.41) is 5.89. The summed E-state index contributed by atoms with van der Waals surface area (Å²) in [5.74, 6) is 0.345. The maximum atomic E-state index is 11.8. The van der Waals surface area contributed by atoms with Gasteiger partial charge in [-0.1, -0.05) is 30.3 Å². The molecule has 0 saturated carbocycles. The molecule has 0 spiro atoms. The van der Waals surface area contributed by atoms with Gasteiger partial charge in [0.05, 0.1) is 0 Å². The van der Waals surface area contributed by atoms with Gasteiger partial charge in [0, 0.05) is 5.69 Å². The van der Waals surface area contributed by atoms with Crippen LogP contribution in [0.4, 0.5) is 5.69 Å². The minimum absolute atomic E-state index is 0.0847. The number of hydrogen-bond donors (Lipinski definition) is 2. The third-order valence-electron chi connectivity index (χ3n) is 3.01. The van der Waals surface area contributed by atoms with Gasteiger partial charge >= 0.3 is 0 Å². The minimum Gasteiger partial charge on any atom is -0.484 e. The molecule has 22 heavy (non-hydrogen) atoms. The predicted molar refractivity (Wildman–Crippen MR) is 92.2 cm³/mol. The maximum absolute atomic E-state index is 11.8. The van der Waals surface area contributed by atoms with Gasteiger partial charge in [0.15, 0.2) is 11.7 Å². The molecule has 0 bridgehead atoms. The van der Waals surface area contributed by atoms with Crippen LogP contribution in [0.3, 0.4) is 0 Å². The molecule has 5 heteroatoms. The zero-order valence-electron chi connectivity index (χ0n) is 12.6. The third kappa shape index (κ3) is 4.86. The van der Waals surface area contributed by atoms with Crippen LogP contribution in [-0.2, 0) is 4.79 Å². The van der Waals surface area contributed by atoms with E-state index in [0.717, 1.165) is 16.8 Å². The lowest BCUT2D eigenvalue weighted by atomic mass is 10.1. The number of amides is 1. The van der Waals surface area contributed by atoms with Crippen molar-refractivity contribution >= 4 is 28.9 Å². The first kappa shape index (κ1) is 16.0. The quantitative estimate of drug-likeness (QED) is 0.851. The highest BCUT2D eigenvalue weighted by molar-refractivity contribution is 7.80. The number of hydrogen-bond acceptors (Lipinski definition) is 3. The van der Waals surface area contributed by atoms with Gasteiger partial charge in [-0.15, -0.1) is 0 Å². The number of thiocarbonyl (C=S) groups is 1.